The molecule has 1 amide bonds. The zero-order valence-corrected chi connectivity index (χ0v) is 14.1. The second-order valence-corrected chi connectivity index (χ2v) is 5.52. The molecule has 0 fully saturated rings. The van der Waals surface area contributed by atoms with Crippen molar-refractivity contribution in [2.45, 2.75) is 26.8 Å². The molecule has 0 aliphatic rings. The summed E-state index contributed by atoms with van der Waals surface area (Å²) in [4.78, 5) is 14.1. The average Bonchev–Trinajstić information content (AvgIpc) is 3.33. The summed E-state index contributed by atoms with van der Waals surface area (Å²) in [6, 6.07) is 7.15. The minimum Gasteiger partial charge on any atom is -0.462 e. The Hall–Kier alpha value is -3.09. The van der Waals surface area contributed by atoms with Crippen molar-refractivity contribution in [3.05, 3.63) is 54.0 Å². The largest absolute Gasteiger partial charge is 0.462 e. The van der Waals surface area contributed by atoms with Gasteiger partial charge in [-0.25, -0.2) is 0 Å². The zero-order valence-electron chi connectivity index (χ0n) is 14.1. The highest BCUT2D eigenvalue weighted by molar-refractivity contribution is 5.91. The van der Waals surface area contributed by atoms with Crippen LogP contribution in [0.3, 0.4) is 0 Å². The highest BCUT2D eigenvalue weighted by Gasteiger charge is 2.16. The zero-order chi connectivity index (χ0) is 17.6. The van der Waals surface area contributed by atoms with Crippen molar-refractivity contribution in [1.29, 1.82) is 0 Å². The second kappa shape index (κ2) is 7.65. The van der Waals surface area contributed by atoms with Gasteiger partial charge in [-0.2, -0.15) is 0 Å². The van der Waals surface area contributed by atoms with Gasteiger partial charge in [0.05, 0.1) is 12.8 Å². The smallest absolute Gasteiger partial charge is 0.283 e. The summed E-state index contributed by atoms with van der Waals surface area (Å²) in [6.45, 7) is 4.68. The number of carbonyl (C=O) groups excluding carboxylic acids is 1. The Labute approximate surface area is 144 Å². The van der Waals surface area contributed by atoms with Crippen LogP contribution in [0.25, 0.3) is 17.7 Å². The van der Waals surface area contributed by atoms with Crippen LogP contribution in [-0.2, 0) is 11.3 Å². The maximum atomic E-state index is 12.4. The van der Waals surface area contributed by atoms with Crippen molar-refractivity contribution in [3.63, 3.8) is 0 Å². The van der Waals surface area contributed by atoms with Crippen molar-refractivity contribution >= 4 is 12.0 Å². The highest BCUT2D eigenvalue weighted by atomic mass is 16.4. The molecule has 3 aromatic heterocycles. The van der Waals surface area contributed by atoms with Gasteiger partial charge in [0.2, 0.25) is 11.8 Å². The minimum absolute atomic E-state index is 0.145. The molecule has 0 saturated heterocycles. The number of aryl methyl sites for hydroxylation is 1. The fourth-order valence-corrected chi connectivity index (χ4v) is 2.32. The fraction of sp³-hybridized carbons (Fsp3) is 0.278. The van der Waals surface area contributed by atoms with Crippen LogP contribution in [0.1, 0.15) is 30.8 Å². The van der Waals surface area contributed by atoms with Crippen molar-refractivity contribution in [1.82, 2.24) is 15.1 Å². The topological polar surface area (TPSA) is 85.5 Å². The van der Waals surface area contributed by atoms with Crippen LogP contribution >= 0.6 is 0 Å². The van der Waals surface area contributed by atoms with Crippen LogP contribution in [0, 0.1) is 6.92 Å². The van der Waals surface area contributed by atoms with Crippen LogP contribution in [0.4, 0.5) is 0 Å². The molecular weight excluding hydrogens is 322 g/mol. The molecule has 0 aliphatic carbocycles. The molecule has 0 spiro atoms. The van der Waals surface area contributed by atoms with E-state index < -0.39 is 0 Å². The van der Waals surface area contributed by atoms with Crippen LogP contribution in [0.15, 0.2) is 49.9 Å². The van der Waals surface area contributed by atoms with E-state index in [2.05, 4.69) is 10.2 Å². The van der Waals surface area contributed by atoms with E-state index in [1.54, 1.807) is 23.1 Å². The van der Waals surface area contributed by atoms with Gasteiger partial charge in [0.1, 0.15) is 11.5 Å². The first-order chi connectivity index (χ1) is 12.2. The number of rotatable bonds is 7. The number of nitrogens with zero attached hydrogens (tertiary/aromatic N) is 3. The SMILES string of the molecule is CCCN(Cc1nnc(-c2ccco2)o1)C(=O)C=Cc1ccc(C)o1. The molecule has 7 nitrogen and oxygen atoms in total. The predicted molar refractivity (Wildman–Crippen MR) is 90.2 cm³/mol. The molecule has 0 saturated carbocycles. The maximum absolute atomic E-state index is 12.4. The third kappa shape index (κ3) is 4.26. The summed E-state index contributed by atoms with van der Waals surface area (Å²) >= 11 is 0. The molecule has 0 N–H and O–H groups in total. The minimum atomic E-state index is -0.145. The molecular formula is C18H19N3O4. The summed E-state index contributed by atoms with van der Waals surface area (Å²) in [7, 11) is 0. The summed E-state index contributed by atoms with van der Waals surface area (Å²) < 4.78 is 16.2. The van der Waals surface area contributed by atoms with Crippen molar-refractivity contribution in [3.8, 4) is 11.7 Å². The molecule has 7 heteroatoms. The van der Waals surface area contributed by atoms with E-state index in [1.807, 2.05) is 26.0 Å². The molecule has 0 aliphatic heterocycles. The molecule has 0 aromatic carbocycles. The lowest BCUT2D eigenvalue weighted by Crippen LogP contribution is -2.29. The number of amides is 1. The maximum Gasteiger partial charge on any atom is 0.283 e. The highest BCUT2D eigenvalue weighted by Crippen LogP contribution is 2.18. The van der Waals surface area contributed by atoms with Gasteiger partial charge in [0.15, 0.2) is 5.76 Å². The Bertz CT molecular complexity index is 845. The van der Waals surface area contributed by atoms with Crippen LogP contribution in [0.5, 0.6) is 0 Å². The van der Waals surface area contributed by atoms with E-state index >= 15 is 0 Å². The first-order valence-corrected chi connectivity index (χ1v) is 8.05. The second-order valence-electron chi connectivity index (χ2n) is 5.52. The molecule has 3 heterocycles. The van der Waals surface area contributed by atoms with E-state index in [1.165, 1.54) is 12.3 Å². The van der Waals surface area contributed by atoms with E-state index in [0.29, 0.717) is 29.8 Å². The summed E-state index contributed by atoms with van der Waals surface area (Å²) in [5.41, 5.74) is 0. The third-order valence-corrected chi connectivity index (χ3v) is 3.48. The molecule has 130 valence electrons. The predicted octanol–water partition coefficient (Wildman–Crippen LogP) is 3.68. The van der Waals surface area contributed by atoms with Gasteiger partial charge in [-0.1, -0.05) is 6.92 Å². The molecule has 0 bridgehead atoms. The van der Waals surface area contributed by atoms with E-state index in [0.717, 1.165) is 12.2 Å². The van der Waals surface area contributed by atoms with E-state index in [9.17, 15) is 4.79 Å². The van der Waals surface area contributed by atoms with Gasteiger partial charge in [0, 0.05) is 12.6 Å². The molecule has 3 rings (SSSR count). The van der Waals surface area contributed by atoms with Crippen molar-refractivity contribution in [2.24, 2.45) is 0 Å². The molecule has 25 heavy (non-hydrogen) atoms. The lowest BCUT2D eigenvalue weighted by Gasteiger charge is -2.18. The standard InChI is InChI=1S/C18H19N3O4/c1-3-10-21(17(22)9-8-14-7-6-13(2)24-14)12-16-19-20-18(25-16)15-5-4-11-23-15/h4-9,11H,3,10,12H2,1-2H3. The Morgan fingerprint density at radius 2 is 2.12 bits per heavy atom. The average molecular weight is 341 g/mol. The van der Waals surface area contributed by atoms with Gasteiger partial charge in [-0.3, -0.25) is 4.79 Å². The first-order valence-electron chi connectivity index (χ1n) is 8.05. The molecule has 0 radical (unpaired) electrons. The lowest BCUT2D eigenvalue weighted by atomic mass is 10.3. The van der Waals surface area contributed by atoms with Gasteiger partial charge in [-0.15, -0.1) is 10.2 Å². The van der Waals surface area contributed by atoms with Gasteiger partial charge >= 0.3 is 0 Å². The number of aromatic nitrogens is 2. The Morgan fingerprint density at radius 1 is 1.24 bits per heavy atom. The van der Waals surface area contributed by atoms with Crippen molar-refractivity contribution in [2.75, 3.05) is 6.54 Å². The van der Waals surface area contributed by atoms with Gasteiger partial charge < -0.3 is 18.2 Å². The van der Waals surface area contributed by atoms with E-state index in [-0.39, 0.29) is 12.5 Å². The van der Waals surface area contributed by atoms with Crippen LogP contribution in [-0.4, -0.2) is 27.5 Å². The fourth-order valence-electron chi connectivity index (χ4n) is 2.32. The summed E-state index contributed by atoms with van der Waals surface area (Å²) in [5, 5.41) is 7.93. The monoisotopic (exact) mass is 341 g/mol. The Balaban J connectivity index is 1.68. The third-order valence-electron chi connectivity index (χ3n) is 3.48. The van der Waals surface area contributed by atoms with Crippen molar-refractivity contribution < 1.29 is 18.0 Å². The number of carbonyl (C=O) groups is 1. The number of hydrogen-bond acceptors (Lipinski definition) is 6. The first kappa shape index (κ1) is 16.8. The lowest BCUT2D eigenvalue weighted by molar-refractivity contribution is -0.126. The molecule has 3 aromatic rings. The number of furan rings is 2. The summed E-state index contributed by atoms with van der Waals surface area (Å²) in [6.07, 6.45) is 5.49. The van der Waals surface area contributed by atoms with Crippen LogP contribution < -0.4 is 0 Å². The van der Waals surface area contributed by atoms with Crippen LogP contribution in [0.2, 0.25) is 0 Å². The molecule has 0 atom stereocenters. The Morgan fingerprint density at radius 3 is 2.80 bits per heavy atom. The van der Waals surface area contributed by atoms with Gasteiger partial charge in [0.25, 0.3) is 5.89 Å². The molecule has 0 unspecified atom stereocenters. The van der Waals surface area contributed by atoms with Gasteiger partial charge in [-0.05, 0) is 43.7 Å². The quantitative estimate of drug-likeness (QED) is 0.609. The summed E-state index contributed by atoms with van der Waals surface area (Å²) in [5.74, 6) is 2.45. The van der Waals surface area contributed by atoms with E-state index in [4.69, 9.17) is 13.3 Å². The number of hydrogen-bond donors (Lipinski definition) is 0. The normalized spacial score (nSPS) is 11.3. The Kier molecular flexibility index (Phi) is 5.13.